The summed E-state index contributed by atoms with van der Waals surface area (Å²) in [6.07, 6.45) is 1.16. The lowest BCUT2D eigenvalue weighted by atomic mass is 9.99. The molecule has 2 rings (SSSR count). The zero-order chi connectivity index (χ0) is 20.4. The van der Waals surface area contributed by atoms with Crippen molar-refractivity contribution in [1.82, 2.24) is 9.62 Å². The van der Waals surface area contributed by atoms with Gasteiger partial charge in [0.1, 0.15) is 0 Å². The normalized spacial score (nSPS) is 18.2. The predicted molar refractivity (Wildman–Crippen MR) is 102 cm³/mol. The highest BCUT2D eigenvalue weighted by molar-refractivity contribution is 7.89. The van der Waals surface area contributed by atoms with E-state index in [1.807, 2.05) is 0 Å². The molecular weight excluding hydrogens is 370 g/mol. The molecule has 8 nitrogen and oxygen atoms in total. The lowest BCUT2D eigenvalue weighted by Gasteiger charge is -2.31. The van der Waals surface area contributed by atoms with E-state index in [0.29, 0.717) is 30.6 Å². The Morgan fingerprint density at radius 1 is 1.26 bits per heavy atom. The molecule has 150 valence electrons. The first kappa shape index (κ1) is 21.2. The van der Waals surface area contributed by atoms with Crippen molar-refractivity contribution in [2.24, 2.45) is 5.92 Å². The molecule has 27 heavy (non-hydrogen) atoms. The number of hydrogen-bond acceptors (Lipinski definition) is 4. The molecule has 0 aliphatic carbocycles. The van der Waals surface area contributed by atoms with Crippen LogP contribution in [0.5, 0.6) is 0 Å². The molecule has 1 fully saturated rings. The summed E-state index contributed by atoms with van der Waals surface area (Å²) in [5.41, 5.74) is 0.174. The third-order valence-corrected chi connectivity index (χ3v) is 6.22. The Bertz CT molecular complexity index is 830. The molecule has 2 amide bonds. The number of aliphatic carboxylic acids is 1. The minimum absolute atomic E-state index is 0.0947. The van der Waals surface area contributed by atoms with Gasteiger partial charge in [0.2, 0.25) is 10.0 Å². The fraction of sp³-hybridized carbons (Fsp3) is 0.556. The Morgan fingerprint density at radius 2 is 1.93 bits per heavy atom. The smallest absolute Gasteiger partial charge is 0.321 e. The number of carbonyl (C=O) groups is 2. The number of anilines is 1. The van der Waals surface area contributed by atoms with Crippen molar-refractivity contribution in [3.63, 3.8) is 0 Å². The van der Waals surface area contributed by atoms with Crippen LogP contribution in [0, 0.1) is 12.8 Å². The number of piperidine rings is 1. The summed E-state index contributed by atoms with van der Waals surface area (Å²) in [5, 5.41) is 11.9. The molecule has 0 spiro atoms. The molecule has 1 aliphatic heterocycles. The number of urea groups is 1. The molecule has 0 bridgehead atoms. The third kappa shape index (κ3) is 5.43. The summed E-state index contributed by atoms with van der Waals surface area (Å²) in [6, 6.07) is 4.25. The second-order valence-electron chi connectivity index (χ2n) is 7.84. The van der Waals surface area contributed by atoms with Crippen molar-refractivity contribution in [3.8, 4) is 0 Å². The predicted octanol–water partition coefficient (Wildman–Crippen LogP) is 2.40. The minimum atomic E-state index is -3.74. The Labute approximate surface area is 160 Å². The van der Waals surface area contributed by atoms with Gasteiger partial charge in [-0.05, 0) is 58.2 Å². The molecule has 1 aromatic rings. The van der Waals surface area contributed by atoms with E-state index >= 15 is 0 Å². The Morgan fingerprint density at radius 3 is 2.52 bits per heavy atom. The molecule has 1 aliphatic rings. The summed E-state index contributed by atoms with van der Waals surface area (Å²) in [4.78, 5) is 25.3. The number of carboxylic acid groups (broad SMARTS) is 1. The minimum Gasteiger partial charge on any atom is -0.481 e. The molecule has 1 heterocycles. The lowest BCUT2D eigenvalue weighted by molar-refractivity contribution is -0.143. The van der Waals surface area contributed by atoms with Crippen LogP contribution in [0.15, 0.2) is 23.1 Å². The highest BCUT2D eigenvalue weighted by Crippen LogP contribution is 2.25. The summed E-state index contributed by atoms with van der Waals surface area (Å²) < 4.78 is 27.9. The number of carbonyl (C=O) groups excluding carboxylic acids is 1. The van der Waals surface area contributed by atoms with Crippen molar-refractivity contribution in [2.75, 3.05) is 18.4 Å². The molecule has 0 aromatic heterocycles. The fourth-order valence-corrected chi connectivity index (χ4v) is 4.74. The van der Waals surface area contributed by atoms with Gasteiger partial charge in [-0.15, -0.1) is 0 Å². The quantitative estimate of drug-likeness (QED) is 0.721. The molecule has 1 unspecified atom stereocenters. The van der Waals surface area contributed by atoms with Crippen LogP contribution in [0.4, 0.5) is 10.5 Å². The van der Waals surface area contributed by atoms with E-state index in [9.17, 15) is 18.0 Å². The van der Waals surface area contributed by atoms with Gasteiger partial charge in [-0.3, -0.25) is 4.79 Å². The maximum absolute atomic E-state index is 12.6. The number of nitrogens with one attached hydrogen (secondary N) is 2. The molecule has 0 radical (unpaired) electrons. The summed E-state index contributed by atoms with van der Waals surface area (Å²) in [6.45, 7) is 7.49. The Kier molecular flexibility index (Phi) is 6.16. The highest BCUT2D eigenvalue weighted by atomic mass is 32.2. The number of sulfonamides is 1. The highest BCUT2D eigenvalue weighted by Gasteiger charge is 2.29. The summed E-state index contributed by atoms with van der Waals surface area (Å²) in [5.74, 6) is -1.49. The molecular formula is C18H27N3O5S. The first-order valence-corrected chi connectivity index (χ1v) is 10.3. The van der Waals surface area contributed by atoms with Crippen LogP contribution in [0.1, 0.15) is 39.2 Å². The molecule has 1 saturated heterocycles. The molecule has 9 heteroatoms. The average molecular weight is 397 g/mol. The van der Waals surface area contributed by atoms with Gasteiger partial charge in [0, 0.05) is 24.3 Å². The van der Waals surface area contributed by atoms with Crippen LogP contribution in [0.2, 0.25) is 0 Å². The number of hydrogen-bond donors (Lipinski definition) is 3. The maximum atomic E-state index is 12.6. The van der Waals surface area contributed by atoms with E-state index in [0.717, 1.165) is 0 Å². The van der Waals surface area contributed by atoms with Gasteiger partial charge >= 0.3 is 12.0 Å². The lowest BCUT2D eigenvalue weighted by Crippen LogP contribution is -2.44. The van der Waals surface area contributed by atoms with Gasteiger partial charge in [-0.25, -0.2) is 17.9 Å². The first-order chi connectivity index (χ1) is 12.4. The van der Waals surface area contributed by atoms with E-state index < -0.39 is 33.5 Å². The van der Waals surface area contributed by atoms with Crippen molar-refractivity contribution in [1.29, 1.82) is 0 Å². The zero-order valence-corrected chi connectivity index (χ0v) is 16.9. The monoisotopic (exact) mass is 397 g/mol. The van der Waals surface area contributed by atoms with Gasteiger partial charge in [-0.1, -0.05) is 6.07 Å². The molecule has 0 saturated carbocycles. The topological polar surface area (TPSA) is 116 Å². The Hall–Kier alpha value is -2.13. The Balaban J connectivity index is 2.20. The van der Waals surface area contributed by atoms with Crippen molar-refractivity contribution in [3.05, 3.63) is 23.8 Å². The van der Waals surface area contributed by atoms with Crippen LogP contribution >= 0.6 is 0 Å². The van der Waals surface area contributed by atoms with Crippen LogP contribution in [0.3, 0.4) is 0 Å². The number of carboxylic acids is 1. The van der Waals surface area contributed by atoms with Crippen molar-refractivity contribution >= 4 is 27.7 Å². The van der Waals surface area contributed by atoms with E-state index in [1.165, 1.54) is 11.0 Å². The van der Waals surface area contributed by atoms with Crippen LogP contribution in [0.25, 0.3) is 0 Å². The maximum Gasteiger partial charge on any atom is 0.321 e. The van der Waals surface area contributed by atoms with E-state index in [1.54, 1.807) is 39.8 Å². The number of benzene rings is 1. The van der Waals surface area contributed by atoms with E-state index in [-0.39, 0.29) is 11.4 Å². The number of rotatable bonds is 4. The molecule has 3 N–H and O–H groups in total. The first-order valence-electron chi connectivity index (χ1n) is 8.83. The summed E-state index contributed by atoms with van der Waals surface area (Å²) >= 11 is 0. The summed E-state index contributed by atoms with van der Waals surface area (Å²) in [7, 11) is -3.74. The van der Waals surface area contributed by atoms with Gasteiger partial charge in [0.05, 0.1) is 10.8 Å². The standard InChI is InChI=1S/C18H27N3O5S/c1-12-14(8-5-9-15(12)27(25,26)20-18(2,3)4)19-17(24)21-10-6-7-13(11-21)16(22)23/h5,8-9,13,20H,6-7,10-11H2,1-4H3,(H,19,24)(H,22,23). The van der Waals surface area contributed by atoms with Crippen LogP contribution < -0.4 is 10.0 Å². The van der Waals surface area contributed by atoms with E-state index in [2.05, 4.69) is 10.0 Å². The third-order valence-electron chi connectivity index (χ3n) is 4.31. The largest absolute Gasteiger partial charge is 0.481 e. The van der Waals surface area contributed by atoms with Crippen LogP contribution in [-0.2, 0) is 14.8 Å². The van der Waals surface area contributed by atoms with Gasteiger partial charge in [0.25, 0.3) is 0 Å². The van der Waals surface area contributed by atoms with Crippen molar-refractivity contribution < 1.29 is 23.1 Å². The number of nitrogens with zero attached hydrogens (tertiary/aromatic N) is 1. The number of amides is 2. The molecule has 1 aromatic carbocycles. The van der Waals surface area contributed by atoms with Gasteiger partial charge in [-0.2, -0.15) is 0 Å². The average Bonchev–Trinajstić information content (AvgIpc) is 2.54. The second-order valence-corrected chi connectivity index (χ2v) is 9.49. The SMILES string of the molecule is Cc1c(NC(=O)N2CCCC(C(=O)O)C2)cccc1S(=O)(=O)NC(C)(C)C. The van der Waals surface area contributed by atoms with Crippen molar-refractivity contribution in [2.45, 2.75) is 51.0 Å². The number of likely N-dealkylation sites (tertiary alicyclic amines) is 1. The fourth-order valence-electron chi connectivity index (χ4n) is 3.06. The van der Waals surface area contributed by atoms with E-state index in [4.69, 9.17) is 5.11 Å². The zero-order valence-electron chi connectivity index (χ0n) is 16.1. The van der Waals surface area contributed by atoms with Gasteiger partial charge < -0.3 is 15.3 Å². The molecule has 1 atom stereocenters. The van der Waals surface area contributed by atoms with Crippen LogP contribution in [-0.4, -0.2) is 49.1 Å². The van der Waals surface area contributed by atoms with Gasteiger partial charge in [0.15, 0.2) is 0 Å². The second kappa shape index (κ2) is 7.85.